The zero-order chi connectivity index (χ0) is 99.4. The first-order chi connectivity index (χ1) is 67.6. The van der Waals surface area contributed by atoms with Gasteiger partial charge in [0.2, 0.25) is 11.6 Å². The average molecular weight is 1980 g/mol. The average Bonchev–Trinajstić information content (AvgIpc) is 1.57. The Morgan fingerprint density at radius 1 is 0.352 bits per heavy atom. The highest BCUT2D eigenvalue weighted by Crippen LogP contribution is 2.57. The molecule has 26 nitrogen and oxygen atoms in total. The molecule has 7 N–H and O–H groups in total. The van der Waals surface area contributed by atoms with Crippen LogP contribution in [0.1, 0.15) is 239 Å². The smallest absolute Gasteiger partial charge is 0.444 e. The lowest BCUT2D eigenvalue weighted by Crippen LogP contribution is -2.48. The molecule has 142 heavy (non-hydrogen) atoms. The number of alkyl carbamates (subject to hydrolysis) is 3. The van der Waals surface area contributed by atoms with Gasteiger partial charge >= 0.3 is 25.4 Å². The molecule has 4 spiro atoms. The minimum atomic E-state index is -1.46. The lowest BCUT2D eigenvalue weighted by atomic mass is 9.72. The Bertz CT molecular complexity index is 6160. The number of carbonyl (C=O) groups is 5. The number of fused-ring (bicyclic) bond motifs is 4. The van der Waals surface area contributed by atoms with E-state index in [4.69, 9.17) is 35.0 Å². The number of nitrogens with one attached hydrogen (secondary N) is 3. The van der Waals surface area contributed by atoms with E-state index in [1.165, 1.54) is 44.5 Å². The summed E-state index contributed by atoms with van der Waals surface area (Å²) in [5.74, 6) is 3.14. The van der Waals surface area contributed by atoms with Crippen LogP contribution in [0, 0.1) is 21.7 Å². The number of anilines is 4. The third-order valence-corrected chi connectivity index (χ3v) is 28.8. The maximum absolute atomic E-state index is 12.8. The second-order valence-corrected chi connectivity index (χ2v) is 41.9. The Morgan fingerprint density at radius 2 is 0.613 bits per heavy atom. The van der Waals surface area contributed by atoms with Crippen molar-refractivity contribution in [2.75, 3.05) is 72.0 Å². The number of ether oxygens (including phenoxy) is 3. The molecular weight excluding hydrogens is 1840 g/mol. The molecule has 0 unspecified atom stereocenters. The molecule has 4 aliphatic heterocycles. The summed E-state index contributed by atoms with van der Waals surface area (Å²) in [4.78, 5) is 108. The minimum Gasteiger partial charge on any atom is -0.444 e. The second kappa shape index (κ2) is 44.2. The number of rotatable bonds is 15. The molecule has 12 aromatic rings. The Morgan fingerprint density at radius 3 is 0.901 bits per heavy atom. The maximum atomic E-state index is 12.8. The van der Waals surface area contributed by atoms with Crippen molar-refractivity contribution >= 4 is 87.2 Å². The number of ketones is 2. The number of hydrogen-bond donors (Lipinski definition) is 6. The van der Waals surface area contributed by atoms with Crippen molar-refractivity contribution in [1.29, 1.82) is 0 Å². The molecule has 4 fully saturated rings. The van der Waals surface area contributed by atoms with E-state index in [0.717, 1.165) is 180 Å². The highest BCUT2D eigenvalue weighted by Gasteiger charge is 2.53. The summed E-state index contributed by atoms with van der Waals surface area (Å²) < 4.78 is 17.5. The van der Waals surface area contributed by atoms with Crippen molar-refractivity contribution in [2.24, 2.45) is 27.4 Å². The van der Waals surface area contributed by atoms with E-state index in [1.807, 2.05) is 178 Å². The molecule has 0 radical (unpaired) electrons. The van der Waals surface area contributed by atoms with E-state index in [0.29, 0.717) is 28.0 Å². The number of hydrogen-bond acceptors (Lipinski definition) is 23. The van der Waals surface area contributed by atoms with Crippen LogP contribution < -0.4 is 41.3 Å². The molecule has 4 atom stereocenters. The topological polar surface area (TPSA) is 332 Å². The van der Waals surface area contributed by atoms with Crippen LogP contribution >= 0.6 is 15.9 Å². The van der Waals surface area contributed by atoms with Crippen LogP contribution in [0.4, 0.5) is 37.7 Å². The van der Waals surface area contributed by atoms with Crippen LogP contribution in [0.15, 0.2) is 286 Å². The van der Waals surface area contributed by atoms with E-state index in [9.17, 15) is 24.0 Å². The van der Waals surface area contributed by atoms with E-state index in [-0.39, 0.29) is 83.1 Å². The van der Waals surface area contributed by atoms with Crippen molar-refractivity contribution in [3.8, 4) is 0 Å². The highest BCUT2D eigenvalue weighted by atomic mass is 79.9. The Labute approximate surface area is 842 Å². The molecule has 20 rings (SSSR count). The Balaban J connectivity index is 0.000000138. The summed E-state index contributed by atoms with van der Waals surface area (Å²) in [6.45, 7) is 31.6. The van der Waals surface area contributed by atoms with E-state index < -0.39 is 23.9 Å². The van der Waals surface area contributed by atoms with Crippen LogP contribution in [0.5, 0.6) is 0 Å². The van der Waals surface area contributed by atoms with Gasteiger partial charge in [0.15, 0.2) is 0 Å². The molecule has 28 heteroatoms. The Hall–Kier alpha value is -13.7. The van der Waals surface area contributed by atoms with Crippen LogP contribution in [-0.4, -0.2) is 156 Å². The molecule has 0 bridgehead atoms. The van der Waals surface area contributed by atoms with E-state index in [1.54, 1.807) is 67.4 Å². The number of aromatic nitrogens is 8. The van der Waals surface area contributed by atoms with Crippen molar-refractivity contribution < 1.29 is 48.2 Å². The van der Waals surface area contributed by atoms with Gasteiger partial charge in [-0.3, -0.25) is 14.6 Å². The zero-order valence-electron chi connectivity index (χ0n) is 81.8. The normalized spacial score (nSPS) is 18.3. The van der Waals surface area contributed by atoms with Gasteiger partial charge in [0.25, 0.3) is 0 Å². The maximum Gasteiger partial charge on any atom is 0.488 e. The number of nitrogens with two attached hydrogens (primary N) is 1. The van der Waals surface area contributed by atoms with Crippen molar-refractivity contribution in [1.82, 2.24) is 55.8 Å². The number of amides is 3. The monoisotopic (exact) mass is 1970 g/mol. The second-order valence-electron chi connectivity index (χ2n) is 41.1. The van der Waals surface area contributed by atoms with Crippen molar-refractivity contribution in [2.45, 2.75) is 188 Å². The van der Waals surface area contributed by atoms with Crippen LogP contribution in [0.2, 0.25) is 0 Å². The molecule has 8 aliphatic rings. The number of benzene rings is 8. The third kappa shape index (κ3) is 24.4. The fourth-order valence-electron chi connectivity index (χ4n) is 21.1. The minimum absolute atomic E-state index is 0. The van der Waals surface area contributed by atoms with Gasteiger partial charge in [0, 0.05) is 91.3 Å². The molecule has 4 aliphatic carbocycles. The SMILES string of the molecule is C.C=C(B(O)O)c1ccccc1.C=C(c1ccccc1)c1cnc(N2CCC3(CC2)Cc2ccccc2[C@H]3NC(=O)OC(C)(C)C)cn1.CC(C)(C)OC(=O)N[C@@H]1c2ccccc2CC12CCN(c1cnc(Br)cn1)CC2.CC(C)(C)OC(=O)N[C@@H]1c2ccccc2CC12CCN(c1cnc(C(=O)c3ccccc3)cn1)CC2.N[C@@H]1c2ccccc2CC12CCN(c1cnc(C(=O)c3ccccc3)cn1)CC2. The summed E-state index contributed by atoms with van der Waals surface area (Å²) in [6.07, 6.45) is 24.3. The van der Waals surface area contributed by atoms with E-state index in [2.05, 4.69) is 184 Å². The summed E-state index contributed by atoms with van der Waals surface area (Å²) in [5.41, 5.74) is 21.1. The van der Waals surface area contributed by atoms with Gasteiger partial charge < -0.3 is 65.5 Å². The first-order valence-corrected chi connectivity index (χ1v) is 49.4. The fraction of sp³-hybridized carbons (Fsp3) is 0.360. The molecule has 0 saturated carbocycles. The summed E-state index contributed by atoms with van der Waals surface area (Å²) in [6, 6.07) is 71.2. The van der Waals surface area contributed by atoms with Crippen LogP contribution in [0.25, 0.3) is 11.0 Å². The van der Waals surface area contributed by atoms with Gasteiger partial charge in [-0.1, -0.05) is 239 Å². The van der Waals surface area contributed by atoms with Gasteiger partial charge in [-0.2, -0.15) is 0 Å². The highest BCUT2D eigenvalue weighted by molar-refractivity contribution is 9.10. The number of nitrogens with zero attached hydrogens (tertiary/aromatic N) is 12. The van der Waals surface area contributed by atoms with Crippen LogP contribution in [-0.2, 0) is 39.9 Å². The van der Waals surface area contributed by atoms with Gasteiger partial charge in [-0.05, 0) is 222 Å². The van der Waals surface area contributed by atoms with Crippen LogP contribution in [0.3, 0.4) is 0 Å². The van der Waals surface area contributed by atoms with Gasteiger partial charge in [-0.25, -0.2) is 49.3 Å². The molecule has 8 heterocycles. The molecule has 736 valence electrons. The van der Waals surface area contributed by atoms with Crippen molar-refractivity contribution in [3.63, 3.8) is 0 Å². The van der Waals surface area contributed by atoms with E-state index >= 15 is 0 Å². The molecule has 4 aromatic heterocycles. The predicted octanol–water partition coefficient (Wildman–Crippen LogP) is 20.6. The zero-order valence-corrected chi connectivity index (χ0v) is 83.4. The van der Waals surface area contributed by atoms with Gasteiger partial charge in [0.05, 0.1) is 73.4 Å². The quantitative estimate of drug-likeness (QED) is 0.0315. The predicted molar refractivity (Wildman–Crippen MR) is 562 cm³/mol. The van der Waals surface area contributed by atoms with Gasteiger partial charge in [0.1, 0.15) is 56.1 Å². The standard InChI is InChI=1S/C30H34N4O2.C29H32N4O3.C24H24N4O.C22H27BrN4O2.C8H9BO2.CH4/c1-21(22-10-6-5-7-11-22)25-19-32-26(20-31-25)34-16-14-30(15-17-34)18-23-12-8-9-13-24(23)27(30)33-28(35)36-29(2,3)4;1-28(2,3)36-27(35)32-26-22-12-8-7-11-21(22)17-29(26)13-15-33(16-14-29)24-19-30-23(18-31-24)25(34)20-9-5-4-6-10-20;25-23-19-9-5-4-8-18(19)14-24(23)10-12-28(13-11-24)21-16-26-20(15-27-21)22(29)17-6-2-1-3-7-17;1-21(2,3)29-20(28)26-19-16-7-5-4-6-15(16)12-22(19)8-10-27(11-9-22)18-14-24-17(23)13-25-18;1-7(9(10)11)8-5-3-2-4-6-8;/h5-13,19-20,27H,1,14-18H2,2-4H3,(H,33,35);4-12,18-19,26H,13-17H2,1-3H3,(H,32,35);1-9,15-16,23H,10-14,25H2;4-7,13-14,19H,8-12H2,1-3H3,(H,26,28);2-6,10-11H,1H2;1H4/t27-;26-;23-;19-;;/m1111../s1. The van der Waals surface area contributed by atoms with Gasteiger partial charge in [-0.15, -0.1) is 0 Å². The third-order valence-electron chi connectivity index (χ3n) is 28.4. The summed E-state index contributed by atoms with van der Waals surface area (Å²) >= 11 is 3.34. The lowest BCUT2D eigenvalue weighted by Gasteiger charge is -2.43. The summed E-state index contributed by atoms with van der Waals surface area (Å²) in [7, 11) is -1.46. The molecule has 4 saturated heterocycles. The first-order valence-electron chi connectivity index (χ1n) is 48.7. The fourth-order valence-corrected chi connectivity index (χ4v) is 21.3. The molecular formula is C114H130BBrN16O10. The molecule has 3 amide bonds. The number of piperidine rings is 4. The number of halogens is 1. The largest absolute Gasteiger partial charge is 0.488 e. The van der Waals surface area contributed by atoms with Crippen molar-refractivity contribution in [3.05, 3.63) is 370 Å². The number of carbonyl (C=O) groups excluding carboxylic acids is 5. The summed E-state index contributed by atoms with van der Waals surface area (Å²) in [5, 5.41) is 27.1. The lowest BCUT2D eigenvalue weighted by molar-refractivity contribution is 0.0418. The first kappa shape index (κ1) is 103. The Kier molecular flexibility index (Phi) is 32.0. The molecule has 8 aromatic carbocycles.